The first kappa shape index (κ1) is 33.8. The molecule has 0 spiro atoms. The highest BCUT2D eigenvalue weighted by molar-refractivity contribution is 7.91. The summed E-state index contributed by atoms with van der Waals surface area (Å²) in [7, 11) is -6.18. The molecule has 1 amide bonds. The molecule has 2 aliphatic carbocycles. The fourth-order valence-corrected chi connectivity index (χ4v) is 13.7. The van der Waals surface area contributed by atoms with E-state index in [1.807, 2.05) is 22.5 Å². The molecular weight excluding hydrogens is 691 g/mol. The molecule has 3 saturated heterocycles. The SMILES string of the molecule is CCN1CC2CC1CN2S(=O)(=O)C12CC1c1cc(OC)ccc1-c1c(C3CCCCC3)c3ccc(C(=O)NS(=O)(=O)N4CCOCC4)cc3n1C2. The fraction of sp³-hybridized carbons (Fsp3) is 0.595. The minimum atomic E-state index is -4.07. The number of morpholine rings is 1. The molecule has 274 valence electrons. The maximum Gasteiger partial charge on any atom is 0.304 e. The molecule has 1 aromatic heterocycles. The maximum absolute atomic E-state index is 15.1. The van der Waals surface area contributed by atoms with Crippen LogP contribution in [0.2, 0.25) is 0 Å². The molecule has 2 bridgehead atoms. The van der Waals surface area contributed by atoms with E-state index in [2.05, 4.69) is 27.2 Å². The van der Waals surface area contributed by atoms with Crippen LogP contribution in [0, 0.1) is 0 Å². The van der Waals surface area contributed by atoms with Gasteiger partial charge in [0.2, 0.25) is 10.0 Å². The number of nitrogens with zero attached hydrogens (tertiary/aromatic N) is 4. The van der Waals surface area contributed by atoms with Crippen LogP contribution in [0.3, 0.4) is 0 Å². The van der Waals surface area contributed by atoms with Crippen molar-refractivity contribution in [2.75, 3.05) is 53.0 Å². The number of likely N-dealkylation sites (N-methyl/N-ethyl adjacent to an activating group) is 1. The monoisotopic (exact) mass is 737 g/mol. The van der Waals surface area contributed by atoms with E-state index >= 15 is 8.42 Å². The number of fused-ring (bicyclic) bond motifs is 9. The number of rotatable bonds is 8. The second kappa shape index (κ2) is 12.3. The standard InChI is InChI=1S/C37H47N5O7S2/c1-3-39-21-27-18-26(39)22-42(27)50(44,45)37-20-32(37)31-19-28(48-2)10-12-29(31)35-34(24-7-5-4-6-8-24)30-11-9-25(17-33(30)41(35)23-37)36(43)38-51(46,47)40-13-15-49-16-14-40/h9-12,17,19,24,26-27,32H,3-8,13-16,18,20-23H2,1-2H3,(H,38,43). The van der Waals surface area contributed by atoms with E-state index in [4.69, 9.17) is 9.47 Å². The van der Waals surface area contributed by atoms with Gasteiger partial charge in [-0.25, -0.2) is 13.1 Å². The van der Waals surface area contributed by atoms with Gasteiger partial charge < -0.3 is 14.0 Å². The van der Waals surface area contributed by atoms with E-state index in [-0.39, 0.29) is 62.3 Å². The molecule has 4 unspecified atom stereocenters. The third kappa shape index (κ3) is 5.22. The van der Waals surface area contributed by atoms with Crippen molar-refractivity contribution < 1.29 is 31.1 Å². The Hall–Kier alpha value is -3.01. The first-order valence-corrected chi connectivity index (χ1v) is 21.4. The Bertz CT molecular complexity index is 2120. The second-order valence-corrected chi connectivity index (χ2v) is 19.2. The molecule has 6 aliphatic rings. The van der Waals surface area contributed by atoms with E-state index < -0.39 is 30.9 Å². The van der Waals surface area contributed by atoms with Gasteiger partial charge in [-0.15, -0.1) is 0 Å². The van der Waals surface area contributed by atoms with Crippen molar-refractivity contribution in [3.63, 3.8) is 0 Å². The van der Waals surface area contributed by atoms with E-state index in [1.54, 1.807) is 19.2 Å². The van der Waals surface area contributed by atoms with Crippen molar-refractivity contribution in [3.8, 4) is 17.0 Å². The van der Waals surface area contributed by atoms with Crippen LogP contribution in [0.4, 0.5) is 0 Å². The number of methoxy groups -OCH3 is 1. The van der Waals surface area contributed by atoms with Gasteiger partial charge in [0.05, 0.1) is 26.0 Å². The van der Waals surface area contributed by atoms with Crippen LogP contribution in [-0.4, -0.2) is 111 Å². The van der Waals surface area contributed by atoms with Gasteiger partial charge in [0.15, 0.2) is 0 Å². The molecule has 12 nitrogen and oxygen atoms in total. The van der Waals surface area contributed by atoms with Gasteiger partial charge in [0, 0.05) is 72.8 Å². The number of piperazine rings is 1. The maximum atomic E-state index is 15.1. The summed E-state index contributed by atoms with van der Waals surface area (Å²) in [4.78, 5) is 16.1. The molecule has 4 atom stereocenters. The molecule has 3 aromatic rings. The topological polar surface area (TPSA) is 130 Å². The van der Waals surface area contributed by atoms with Gasteiger partial charge in [0.1, 0.15) is 10.5 Å². The van der Waals surface area contributed by atoms with E-state index in [0.29, 0.717) is 18.7 Å². The molecule has 51 heavy (non-hydrogen) atoms. The minimum absolute atomic E-state index is 0.0222. The number of carbonyl (C=O) groups is 1. The minimum Gasteiger partial charge on any atom is -0.497 e. The summed E-state index contributed by atoms with van der Waals surface area (Å²) >= 11 is 0. The third-order valence-corrected chi connectivity index (χ3v) is 16.9. The van der Waals surface area contributed by atoms with Crippen molar-refractivity contribution in [3.05, 3.63) is 53.1 Å². The van der Waals surface area contributed by atoms with E-state index in [1.165, 1.54) is 16.3 Å². The van der Waals surface area contributed by atoms with Gasteiger partial charge in [0.25, 0.3) is 5.91 Å². The number of carbonyl (C=O) groups excluding carboxylic acids is 1. The van der Waals surface area contributed by atoms with Gasteiger partial charge in [-0.3, -0.25) is 9.69 Å². The molecule has 4 aliphatic heterocycles. The zero-order valence-corrected chi connectivity index (χ0v) is 31.0. The van der Waals surface area contributed by atoms with Crippen LogP contribution in [0.25, 0.3) is 22.2 Å². The number of sulfonamides is 1. The lowest BCUT2D eigenvalue weighted by atomic mass is 9.81. The lowest BCUT2D eigenvalue weighted by molar-refractivity contribution is 0.0719. The number of likely N-dealkylation sites (tertiary alicyclic amines) is 1. The number of ether oxygens (including phenoxy) is 2. The van der Waals surface area contributed by atoms with Crippen molar-refractivity contribution in [2.45, 2.75) is 87.1 Å². The number of hydrogen-bond acceptors (Lipinski definition) is 8. The third-order valence-electron chi connectivity index (χ3n) is 12.8. The Morgan fingerprint density at radius 1 is 1.00 bits per heavy atom. The predicted octanol–water partition coefficient (Wildman–Crippen LogP) is 4.02. The van der Waals surface area contributed by atoms with Crippen LogP contribution in [0.1, 0.15) is 85.2 Å². The van der Waals surface area contributed by atoms with Crippen LogP contribution < -0.4 is 9.46 Å². The van der Waals surface area contributed by atoms with Gasteiger partial charge in [-0.05, 0) is 79.6 Å². The summed E-state index contributed by atoms with van der Waals surface area (Å²) in [5.41, 5.74) is 5.24. The molecule has 0 radical (unpaired) electrons. The molecule has 5 heterocycles. The average Bonchev–Trinajstić information content (AvgIpc) is 3.39. The summed E-state index contributed by atoms with van der Waals surface area (Å²) < 4.78 is 74.1. The zero-order valence-electron chi connectivity index (χ0n) is 29.3. The fourth-order valence-electron chi connectivity index (χ4n) is 10.1. The number of benzene rings is 2. The van der Waals surface area contributed by atoms with Crippen LogP contribution >= 0.6 is 0 Å². The lowest BCUT2D eigenvalue weighted by Crippen LogP contribution is -2.52. The highest BCUT2D eigenvalue weighted by atomic mass is 32.2. The van der Waals surface area contributed by atoms with Crippen molar-refractivity contribution >= 4 is 37.0 Å². The lowest BCUT2D eigenvalue weighted by Gasteiger charge is -2.35. The number of aromatic nitrogens is 1. The molecule has 5 fully saturated rings. The molecule has 14 heteroatoms. The van der Waals surface area contributed by atoms with Crippen molar-refractivity contribution in [2.24, 2.45) is 0 Å². The summed E-state index contributed by atoms with van der Waals surface area (Å²) in [6.45, 7) is 5.51. The largest absolute Gasteiger partial charge is 0.497 e. The molecule has 2 saturated carbocycles. The Labute approximate surface area is 300 Å². The quantitative estimate of drug-likeness (QED) is 0.367. The molecular formula is C37H47N5O7S2. The first-order valence-electron chi connectivity index (χ1n) is 18.6. The van der Waals surface area contributed by atoms with E-state index in [0.717, 1.165) is 72.9 Å². The normalized spacial score (nSPS) is 28.6. The smallest absolute Gasteiger partial charge is 0.304 e. The zero-order chi connectivity index (χ0) is 35.3. The number of amides is 1. The number of hydrogen-bond donors (Lipinski definition) is 1. The molecule has 9 rings (SSSR count). The van der Waals surface area contributed by atoms with Crippen LogP contribution in [0.5, 0.6) is 5.75 Å². The Kier molecular flexibility index (Phi) is 8.13. The van der Waals surface area contributed by atoms with Crippen LogP contribution in [0.15, 0.2) is 36.4 Å². The summed E-state index contributed by atoms with van der Waals surface area (Å²) in [5.74, 6) is 0.0746. The van der Waals surface area contributed by atoms with Gasteiger partial charge in [-0.2, -0.15) is 17.0 Å². The first-order chi connectivity index (χ1) is 24.6. The Morgan fingerprint density at radius 2 is 1.78 bits per heavy atom. The Balaban J connectivity index is 1.20. The van der Waals surface area contributed by atoms with Crippen molar-refractivity contribution in [1.29, 1.82) is 0 Å². The average molecular weight is 738 g/mol. The van der Waals surface area contributed by atoms with E-state index in [9.17, 15) is 13.2 Å². The number of nitrogens with one attached hydrogen (secondary N) is 1. The summed E-state index contributed by atoms with van der Waals surface area (Å²) in [5, 5.41) is 0.997. The second-order valence-electron chi connectivity index (χ2n) is 15.3. The Morgan fingerprint density at radius 3 is 2.49 bits per heavy atom. The highest BCUT2D eigenvalue weighted by Crippen LogP contribution is 2.64. The molecule has 1 N–H and O–H groups in total. The van der Waals surface area contributed by atoms with Gasteiger partial charge >= 0.3 is 10.2 Å². The highest BCUT2D eigenvalue weighted by Gasteiger charge is 2.69. The summed E-state index contributed by atoms with van der Waals surface area (Å²) in [6.07, 6.45) is 6.89. The van der Waals surface area contributed by atoms with Crippen LogP contribution in [-0.2, 0) is 31.5 Å². The summed E-state index contributed by atoms with van der Waals surface area (Å²) in [6, 6.07) is 11.8. The van der Waals surface area contributed by atoms with Crippen molar-refractivity contribution in [1.82, 2.24) is 22.8 Å². The van der Waals surface area contributed by atoms with Gasteiger partial charge in [-0.1, -0.05) is 32.3 Å². The predicted molar refractivity (Wildman–Crippen MR) is 194 cm³/mol. The molecule has 2 aromatic carbocycles.